The lowest BCUT2D eigenvalue weighted by Gasteiger charge is -2.38. The highest BCUT2D eigenvalue weighted by Gasteiger charge is 2.33. The van der Waals surface area contributed by atoms with Crippen LogP contribution in [-0.4, -0.2) is 55.1 Å². The first-order valence-corrected chi connectivity index (χ1v) is 10.9. The summed E-state index contributed by atoms with van der Waals surface area (Å²) in [7, 11) is 0. The molecule has 0 aromatic heterocycles. The minimum atomic E-state index is -0.483. The van der Waals surface area contributed by atoms with Gasteiger partial charge in [0.15, 0.2) is 0 Å². The van der Waals surface area contributed by atoms with Gasteiger partial charge in [-0.05, 0) is 42.7 Å². The molecule has 0 bridgehead atoms. The van der Waals surface area contributed by atoms with Crippen LogP contribution < -0.4 is 15.4 Å². The van der Waals surface area contributed by atoms with Gasteiger partial charge < -0.3 is 30.0 Å². The Morgan fingerprint density at radius 3 is 2.65 bits per heavy atom. The van der Waals surface area contributed by atoms with Gasteiger partial charge in [0.2, 0.25) is 5.91 Å². The van der Waals surface area contributed by atoms with Crippen molar-refractivity contribution in [2.75, 3.05) is 19.8 Å². The van der Waals surface area contributed by atoms with Gasteiger partial charge in [0, 0.05) is 19.1 Å². The summed E-state index contributed by atoms with van der Waals surface area (Å²) in [6.07, 6.45) is 1.36. The highest BCUT2D eigenvalue weighted by molar-refractivity contribution is 5.76. The number of ether oxygens (including phenoxy) is 3. The summed E-state index contributed by atoms with van der Waals surface area (Å²) in [5.74, 6) is 1.52. The van der Waals surface area contributed by atoms with Crippen LogP contribution in [-0.2, 0) is 20.8 Å². The van der Waals surface area contributed by atoms with Gasteiger partial charge in [0.05, 0.1) is 37.9 Å². The smallest absolute Gasteiger partial charge is 0.222 e. The second-order valence-electron chi connectivity index (χ2n) is 8.12. The van der Waals surface area contributed by atoms with Crippen molar-refractivity contribution in [3.63, 3.8) is 0 Å². The summed E-state index contributed by atoms with van der Waals surface area (Å²) in [4.78, 5) is 12.4. The number of nitrogens with one attached hydrogen (secondary N) is 2. The molecule has 2 saturated heterocycles. The normalized spacial score (nSPS) is 26.2. The summed E-state index contributed by atoms with van der Waals surface area (Å²) in [6, 6.07) is 17.5. The molecule has 7 heteroatoms. The third kappa shape index (κ3) is 6.51. The van der Waals surface area contributed by atoms with E-state index in [1.807, 2.05) is 54.6 Å². The van der Waals surface area contributed by atoms with Crippen molar-refractivity contribution in [3.8, 4) is 11.5 Å². The largest absolute Gasteiger partial charge is 0.457 e. The van der Waals surface area contributed by atoms with Crippen LogP contribution >= 0.6 is 0 Å². The minimum Gasteiger partial charge on any atom is -0.457 e. The molecule has 166 valence electrons. The zero-order chi connectivity index (χ0) is 21.5. The topological polar surface area (TPSA) is 89.1 Å². The summed E-state index contributed by atoms with van der Waals surface area (Å²) in [5.41, 5.74) is 1.01. The summed E-state index contributed by atoms with van der Waals surface area (Å²) in [6.45, 7) is 1.71. The van der Waals surface area contributed by atoms with Crippen LogP contribution in [0.3, 0.4) is 0 Å². The second kappa shape index (κ2) is 10.7. The zero-order valence-corrected chi connectivity index (χ0v) is 17.5. The number of hydrogen-bond acceptors (Lipinski definition) is 6. The number of para-hydroxylation sites is 1. The predicted molar refractivity (Wildman–Crippen MR) is 116 cm³/mol. The van der Waals surface area contributed by atoms with Crippen LogP contribution in [0.15, 0.2) is 54.6 Å². The Kier molecular flexibility index (Phi) is 7.53. The number of carbonyl (C=O) groups is 1. The van der Waals surface area contributed by atoms with Crippen molar-refractivity contribution in [1.29, 1.82) is 0 Å². The summed E-state index contributed by atoms with van der Waals surface area (Å²) in [5, 5.41) is 16.0. The molecule has 0 aliphatic carbocycles. The monoisotopic (exact) mass is 426 g/mol. The maximum absolute atomic E-state index is 12.4. The number of carbonyl (C=O) groups excluding carboxylic acids is 1. The van der Waals surface area contributed by atoms with Gasteiger partial charge in [0.25, 0.3) is 0 Å². The lowest BCUT2D eigenvalue weighted by molar-refractivity contribution is -0.137. The molecule has 3 N–H and O–H groups in total. The van der Waals surface area contributed by atoms with Crippen molar-refractivity contribution in [3.05, 3.63) is 60.2 Å². The molecule has 4 atom stereocenters. The van der Waals surface area contributed by atoms with Crippen molar-refractivity contribution in [2.24, 2.45) is 0 Å². The fourth-order valence-corrected chi connectivity index (χ4v) is 3.95. The summed E-state index contributed by atoms with van der Waals surface area (Å²) < 4.78 is 17.4. The van der Waals surface area contributed by atoms with Gasteiger partial charge in [-0.15, -0.1) is 0 Å². The van der Waals surface area contributed by atoms with E-state index in [9.17, 15) is 9.90 Å². The molecule has 7 nitrogen and oxygen atoms in total. The Morgan fingerprint density at radius 1 is 1.06 bits per heavy atom. The maximum atomic E-state index is 12.4. The number of amides is 1. The molecule has 0 saturated carbocycles. The average Bonchev–Trinajstić information content (AvgIpc) is 2.77. The molecule has 0 unspecified atom stereocenters. The Labute approximate surface area is 182 Å². The van der Waals surface area contributed by atoms with Crippen LogP contribution in [0.4, 0.5) is 0 Å². The van der Waals surface area contributed by atoms with Gasteiger partial charge in [-0.2, -0.15) is 0 Å². The van der Waals surface area contributed by atoms with Crippen LogP contribution in [0.1, 0.15) is 24.8 Å². The zero-order valence-electron chi connectivity index (χ0n) is 17.5. The molecule has 2 aromatic rings. The van der Waals surface area contributed by atoms with Gasteiger partial charge in [-0.3, -0.25) is 4.79 Å². The Bertz CT molecular complexity index is 830. The standard InChI is InChI=1S/C24H30N2O5/c27-18-14-25-22-11-10-21(31-23(22)16-29-15-18)12-24(28)26-13-17-6-8-20(9-7-17)30-19-4-2-1-3-5-19/h1-9,18,21-23,25,27H,10-16H2,(H,26,28)/t18-,21+,22+,23-/m0/s1. The molecule has 1 amide bonds. The van der Waals surface area contributed by atoms with E-state index in [2.05, 4.69) is 10.6 Å². The van der Waals surface area contributed by atoms with Crippen molar-refractivity contribution in [1.82, 2.24) is 10.6 Å². The fraction of sp³-hybridized carbons (Fsp3) is 0.458. The first kappa shape index (κ1) is 21.8. The first-order chi connectivity index (χ1) is 15.2. The maximum Gasteiger partial charge on any atom is 0.222 e. The van der Waals surface area contributed by atoms with Gasteiger partial charge in [-0.25, -0.2) is 0 Å². The van der Waals surface area contributed by atoms with E-state index in [4.69, 9.17) is 14.2 Å². The van der Waals surface area contributed by atoms with Crippen molar-refractivity contribution >= 4 is 5.91 Å². The Hall–Kier alpha value is -2.45. The number of rotatable bonds is 6. The van der Waals surface area contributed by atoms with Gasteiger partial charge >= 0.3 is 0 Å². The average molecular weight is 427 g/mol. The van der Waals surface area contributed by atoms with E-state index in [-0.39, 0.29) is 24.2 Å². The molecule has 2 aromatic carbocycles. The molecular formula is C24H30N2O5. The molecule has 0 spiro atoms. The third-order valence-corrected chi connectivity index (χ3v) is 5.63. The van der Waals surface area contributed by atoms with E-state index in [1.54, 1.807) is 0 Å². The van der Waals surface area contributed by atoms with E-state index >= 15 is 0 Å². The van der Waals surface area contributed by atoms with Crippen LogP contribution in [0, 0.1) is 0 Å². The van der Waals surface area contributed by atoms with Crippen LogP contribution in [0.2, 0.25) is 0 Å². The lowest BCUT2D eigenvalue weighted by Crippen LogP contribution is -2.53. The highest BCUT2D eigenvalue weighted by atomic mass is 16.5. The highest BCUT2D eigenvalue weighted by Crippen LogP contribution is 2.24. The minimum absolute atomic E-state index is 0.0248. The number of hydrogen-bond donors (Lipinski definition) is 3. The van der Waals surface area contributed by atoms with Crippen molar-refractivity contribution < 1.29 is 24.1 Å². The molecule has 2 heterocycles. The number of benzene rings is 2. The van der Waals surface area contributed by atoms with Gasteiger partial charge in [-0.1, -0.05) is 30.3 Å². The number of fused-ring (bicyclic) bond motifs is 1. The fourth-order valence-electron chi connectivity index (χ4n) is 3.95. The Balaban J connectivity index is 1.20. The molecule has 31 heavy (non-hydrogen) atoms. The summed E-state index contributed by atoms with van der Waals surface area (Å²) >= 11 is 0. The van der Waals surface area contributed by atoms with E-state index < -0.39 is 6.10 Å². The Morgan fingerprint density at radius 2 is 1.84 bits per heavy atom. The van der Waals surface area contributed by atoms with E-state index in [0.29, 0.717) is 32.7 Å². The van der Waals surface area contributed by atoms with Crippen LogP contribution in [0.5, 0.6) is 11.5 Å². The quantitative estimate of drug-likeness (QED) is 0.657. The number of aliphatic hydroxyl groups is 1. The molecule has 0 radical (unpaired) electrons. The molecule has 2 fully saturated rings. The molecule has 4 rings (SSSR count). The molecule has 2 aliphatic heterocycles. The molecular weight excluding hydrogens is 396 g/mol. The van der Waals surface area contributed by atoms with E-state index in [0.717, 1.165) is 29.9 Å². The van der Waals surface area contributed by atoms with Gasteiger partial charge in [0.1, 0.15) is 11.5 Å². The second-order valence-corrected chi connectivity index (χ2v) is 8.12. The third-order valence-electron chi connectivity index (χ3n) is 5.63. The number of aliphatic hydroxyl groups excluding tert-OH is 1. The molecule has 2 aliphatic rings. The number of β-amino-alcohol motifs (C(OH)–C–C–N with tert-alkyl or cyclic N) is 1. The predicted octanol–water partition coefficient (Wildman–Crippen LogP) is 2.38. The first-order valence-electron chi connectivity index (χ1n) is 10.9. The van der Waals surface area contributed by atoms with Crippen LogP contribution in [0.25, 0.3) is 0 Å². The van der Waals surface area contributed by atoms with E-state index in [1.165, 1.54) is 0 Å². The lowest BCUT2D eigenvalue weighted by atomic mass is 9.96. The SMILES string of the molecule is O=C(C[C@H]1CC[C@H]2NC[C@H](O)COC[C@@H]2O1)NCc1ccc(Oc2ccccc2)cc1. The van der Waals surface area contributed by atoms with Crippen molar-refractivity contribution in [2.45, 2.75) is 50.2 Å².